The summed E-state index contributed by atoms with van der Waals surface area (Å²) in [5.74, 6) is 0. The molecule has 9 rings (SSSR count). The van der Waals surface area contributed by atoms with E-state index in [1.165, 1.54) is 44.5 Å². The van der Waals surface area contributed by atoms with Crippen molar-refractivity contribution in [2.45, 2.75) is 38.5 Å². The van der Waals surface area contributed by atoms with E-state index >= 15 is 0 Å². The minimum Gasteiger partial charge on any atom is -0.254 e. The summed E-state index contributed by atoms with van der Waals surface area (Å²) in [5.41, 5.74) is 17.3. The number of hydrogen-bond donors (Lipinski definition) is 0. The van der Waals surface area contributed by atoms with Crippen molar-refractivity contribution in [3.63, 3.8) is 0 Å². The fraction of sp³-hybridized carbons (Fsp3) is 0.133. The van der Waals surface area contributed by atoms with Crippen molar-refractivity contribution >= 4 is 33.0 Å². The number of pyridine rings is 2. The molecular weight excluding hydrogens is 583 g/mol. The first-order valence-electron chi connectivity index (χ1n) is 16.5. The van der Waals surface area contributed by atoms with Gasteiger partial charge in [-0.15, -0.1) is 0 Å². The number of fused-ring (bicyclic) bond motifs is 7. The van der Waals surface area contributed by atoms with Crippen molar-refractivity contribution in [2.24, 2.45) is 0 Å². The molecular formula is C45H33N3. The van der Waals surface area contributed by atoms with Crippen molar-refractivity contribution in [1.82, 2.24) is 9.97 Å². The van der Waals surface area contributed by atoms with E-state index in [9.17, 15) is 5.26 Å². The first-order valence-corrected chi connectivity index (χ1v) is 16.5. The summed E-state index contributed by atoms with van der Waals surface area (Å²) in [4.78, 5) is 9.83. The fourth-order valence-electron chi connectivity index (χ4n) is 8.24. The second kappa shape index (κ2) is 10.1. The molecule has 0 saturated heterocycles. The van der Waals surface area contributed by atoms with Crippen LogP contribution in [0.1, 0.15) is 55.5 Å². The molecule has 0 N–H and O–H groups in total. The highest BCUT2D eigenvalue weighted by atomic mass is 14.8. The Labute approximate surface area is 280 Å². The van der Waals surface area contributed by atoms with Gasteiger partial charge in [0.2, 0.25) is 0 Å². The van der Waals surface area contributed by atoms with Crippen LogP contribution in [-0.4, -0.2) is 9.97 Å². The maximum absolute atomic E-state index is 9.33. The number of allylic oxidation sites excluding steroid dienone is 2. The zero-order valence-corrected chi connectivity index (χ0v) is 27.5. The van der Waals surface area contributed by atoms with Crippen LogP contribution in [0.15, 0.2) is 128 Å². The molecule has 0 radical (unpaired) electrons. The van der Waals surface area contributed by atoms with Crippen molar-refractivity contribution in [2.75, 3.05) is 0 Å². The smallest absolute Gasteiger partial charge is 0.0991 e. The summed E-state index contributed by atoms with van der Waals surface area (Å²) in [6.07, 6.45) is 1.85. The average molecular weight is 616 g/mol. The van der Waals surface area contributed by atoms with E-state index in [1.807, 2.05) is 30.5 Å². The van der Waals surface area contributed by atoms with E-state index in [4.69, 9.17) is 4.98 Å². The molecule has 2 aliphatic carbocycles. The highest BCUT2D eigenvalue weighted by molar-refractivity contribution is 6.10. The van der Waals surface area contributed by atoms with Gasteiger partial charge in [-0.25, -0.2) is 4.98 Å². The van der Waals surface area contributed by atoms with Crippen LogP contribution in [-0.2, 0) is 10.8 Å². The van der Waals surface area contributed by atoms with Gasteiger partial charge in [-0.1, -0.05) is 113 Å². The van der Waals surface area contributed by atoms with Crippen LogP contribution in [0.2, 0.25) is 0 Å². The highest BCUT2D eigenvalue weighted by Crippen LogP contribution is 2.63. The van der Waals surface area contributed by atoms with E-state index in [0.717, 1.165) is 44.2 Å². The third kappa shape index (κ3) is 4.06. The standard InChI is InChI=1S/C45H33N3/c1-44(2)37-24-33(29-12-10-28(11-13-29)32-8-5-7-27(23-32)26-46)16-19-35(37)40-41(44)36-20-17-34(25-38(36)45(40,3)4)39-21-18-31-15-14-30-9-6-22-47-42(30)43(31)48-39/h5-25H,1-4H3. The van der Waals surface area contributed by atoms with Gasteiger partial charge in [0.25, 0.3) is 0 Å². The Morgan fingerprint density at radius 1 is 0.521 bits per heavy atom. The summed E-state index contributed by atoms with van der Waals surface area (Å²) in [6, 6.07) is 45.3. The number of nitrogens with zero attached hydrogens (tertiary/aromatic N) is 3. The summed E-state index contributed by atoms with van der Waals surface area (Å²) in [7, 11) is 0. The minimum atomic E-state index is -0.157. The molecule has 3 heteroatoms. The highest BCUT2D eigenvalue weighted by Gasteiger charge is 2.49. The first-order chi connectivity index (χ1) is 23.2. The van der Waals surface area contributed by atoms with Gasteiger partial charge in [-0.2, -0.15) is 5.26 Å². The molecule has 0 bridgehead atoms. The molecule has 0 atom stereocenters. The van der Waals surface area contributed by atoms with Crippen LogP contribution < -0.4 is 0 Å². The molecule has 2 heterocycles. The predicted octanol–water partition coefficient (Wildman–Crippen LogP) is 11.1. The Morgan fingerprint density at radius 3 is 1.75 bits per heavy atom. The summed E-state index contributed by atoms with van der Waals surface area (Å²) in [6.45, 7) is 9.52. The molecule has 0 saturated carbocycles. The molecule has 0 fully saturated rings. The normalized spacial score (nSPS) is 15.3. The third-order valence-electron chi connectivity index (χ3n) is 10.7. The van der Waals surface area contributed by atoms with Crippen molar-refractivity contribution < 1.29 is 0 Å². The summed E-state index contributed by atoms with van der Waals surface area (Å²) >= 11 is 0. The summed E-state index contributed by atoms with van der Waals surface area (Å²) < 4.78 is 0. The van der Waals surface area contributed by atoms with Crippen molar-refractivity contribution in [1.29, 1.82) is 5.26 Å². The Hall–Kier alpha value is -5.85. The van der Waals surface area contributed by atoms with Crippen molar-refractivity contribution in [3.05, 3.63) is 155 Å². The van der Waals surface area contributed by atoms with E-state index < -0.39 is 0 Å². The largest absolute Gasteiger partial charge is 0.254 e. The van der Waals surface area contributed by atoms with Gasteiger partial charge in [0.15, 0.2) is 0 Å². The predicted molar refractivity (Wildman–Crippen MR) is 197 cm³/mol. The van der Waals surface area contributed by atoms with Gasteiger partial charge < -0.3 is 0 Å². The monoisotopic (exact) mass is 615 g/mol. The number of hydrogen-bond acceptors (Lipinski definition) is 3. The van der Waals surface area contributed by atoms with Gasteiger partial charge in [0, 0.05) is 33.4 Å². The second-order valence-corrected chi connectivity index (χ2v) is 14.2. The first kappa shape index (κ1) is 28.4. The SMILES string of the molecule is CC1(C)C2=C(c3ccc(-c4ccc(-c5cccc(C#N)c5)cc4)cc31)C(C)(C)c1cc(-c3ccc4ccc5cccnc5c4n3)ccc12. The van der Waals surface area contributed by atoms with Gasteiger partial charge in [-0.05, 0) is 92.1 Å². The van der Waals surface area contributed by atoms with E-state index in [2.05, 4.69) is 136 Å². The zero-order valence-electron chi connectivity index (χ0n) is 27.5. The number of nitriles is 1. The van der Waals surface area contributed by atoms with Crippen LogP contribution in [0, 0.1) is 11.3 Å². The molecule has 5 aromatic carbocycles. The molecule has 0 amide bonds. The molecule has 0 aliphatic heterocycles. The molecule has 0 unspecified atom stereocenters. The fourth-order valence-corrected chi connectivity index (χ4v) is 8.24. The molecule has 0 spiro atoms. The van der Waals surface area contributed by atoms with Crippen molar-refractivity contribution in [3.8, 4) is 39.6 Å². The topological polar surface area (TPSA) is 49.6 Å². The summed E-state index contributed by atoms with van der Waals surface area (Å²) in [5, 5.41) is 11.5. The van der Waals surface area contributed by atoms with Crippen LogP contribution in [0.3, 0.4) is 0 Å². The van der Waals surface area contributed by atoms with Crippen LogP contribution in [0.4, 0.5) is 0 Å². The maximum Gasteiger partial charge on any atom is 0.0991 e. The van der Waals surface area contributed by atoms with E-state index in [0.29, 0.717) is 5.56 Å². The van der Waals surface area contributed by atoms with Crippen LogP contribution in [0.25, 0.3) is 66.5 Å². The Kier molecular flexibility index (Phi) is 5.96. The second-order valence-electron chi connectivity index (χ2n) is 14.2. The van der Waals surface area contributed by atoms with Crippen LogP contribution in [0.5, 0.6) is 0 Å². The van der Waals surface area contributed by atoms with Gasteiger partial charge in [0.1, 0.15) is 0 Å². The van der Waals surface area contributed by atoms with Gasteiger partial charge in [0.05, 0.1) is 28.4 Å². The number of aromatic nitrogens is 2. The lowest BCUT2D eigenvalue weighted by molar-refractivity contribution is 0.694. The van der Waals surface area contributed by atoms with E-state index in [-0.39, 0.29) is 10.8 Å². The lowest BCUT2D eigenvalue weighted by atomic mass is 9.75. The lowest BCUT2D eigenvalue weighted by Gasteiger charge is -2.28. The molecule has 2 aliphatic rings. The lowest BCUT2D eigenvalue weighted by Crippen LogP contribution is -2.19. The molecule has 3 nitrogen and oxygen atoms in total. The van der Waals surface area contributed by atoms with Gasteiger partial charge >= 0.3 is 0 Å². The van der Waals surface area contributed by atoms with Gasteiger partial charge in [-0.3, -0.25) is 4.98 Å². The zero-order chi connectivity index (χ0) is 32.8. The minimum absolute atomic E-state index is 0.145. The van der Waals surface area contributed by atoms with E-state index in [1.54, 1.807) is 0 Å². The Balaban J connectivity index is 1.08. The van der Waals surface area contributed by atoms with Crippen LogP contribution >= 0.6 is 0 Å². The molecule has 2 aromatic heterocycles. The molecule has 228 valence electrons. The molecule has 48 heavy (non-hydrogen) atoms. The molecule has 7 aromatic rings. The third-order valence-corrected chi connectivity index (χ3v) is 10.7. The number of benzene rings is 5. The average Bonchev–Trinajstić information content (AvgIpc) is 3.52. The quantitative estimate of drug-likeness (QED) is 0.186. The Morgan fingerprint density at radius 2 is 1.08 bits per heavy atom. The Bertz CT molecular complexity index is 2560. The number of rotatable bonds is 3. The maximum atomic E-state index is 9.33.